The summed E-state index contributed by atoms with van der Waals surface area (Å²) in [5.41, 5.74) is 0.751. The molecule has 3 rings (SSSR count). The molecule has 0 aliphatic carbocycles. The van der Waals surface area contributed by atoms with E-state index in [9.17, 15) is 9.59 Å². The third-order valence-electron chi connectivity index (χ3n) is 3.96. The van der Waals surface area contributed by atoms with Crippen molar-refractivity contribution in [1.82, 2.24) is 19.8 Å². The lowest BCUT2D eigenvalue weighted by atomic mass is 10.2. The molecule has 0 unspecified atom stereocenters. The van der Waals surface area contributed by atoms with Crippen LogP contribution in [-0.2, 0) is 13.0 Å². The van der Waals surface area contributed by atoms with Gasteiger partial charge in [0.15, 0.2) is 0 Å². The van der Waals surface area contributed by atoms with Crippen molar-refractivity contribution in [2.24, 2.45) is 0 Å². The number of nitrogens with zero attached hydrogens (tertiary/aromatic N) is 3. The lowest BCUT2D eigenvalue weighted by Crippen LogP contribution is -2.31. The molecular weight excluding hydrogens is 300 g/mol. The maximum Gasteiger partial charge on any atom is 0.262 e. The zero-order chi connectivity index (χ0) is 15.9. The first kappa shape index (κ1) is 15.2. The van der Waals surface area contributed by atoms with Crippen molar-refractivity contribution in [2.45, 2.75) is 26.3 Å². The molecule has 0 atom stereocenters. The summed E-state index contributed by atoms with van der Waals surface area (Å²) < 4.78 is 1.75. The van der Waals surface area contributed by atoms with Crippen LogP contribution in [0.15, 0.2) is 4.79 Å². The number of aromatic nitrogens is 2. The minimum atomic E-state index is -0.119. The second kappa shape index (κ2) is 5.81. The molecule has 1 aliphatic rings. The van der Waals surface area contributed by atoms with Crippen LogP contribution >= 0.6 is 11.3 Å². The first-order valence-electron chi connectivity index (χ1n) is 7.44. The lowest BCUT2D eigenvalue weighted by molar-refractivity contribution is 0.0954. The van der Waals surface area contributed by atoms with Gasteiger partial charge in [-0.15, -0.1) is 11.3 Å². The number of likely N-dealkylation sites (N-methyl/N-ethyl adjacent to an activating group) is 1. The predicted molar refractivity (Wildman–Crippen MR) is 87.8 cm³/mol. The van der Waals surface area contributed by atoms with Gasteiger partial charge >= 0.3 is 0 Å². The van der Waals surface area contributed by atoms with Gasteiger partial charge in [0.1, 0.15) is 10.7 Å². The number of thiophene rings is 1. The second-order valence-corrected chi connectivity index (χ2v) is 6.88. The normalized spacial score (nSPS) is 13.8. The maximum absolute atomic E-state index is 12.6. The highest BCUT2D eigenvalue weighted by atomic mass is 32.1. The van der Waals surface area contributed by atoms with Gasteiger partial charge in [-0.05, 0) is 33.0 Å². The smallest absolute Gasteiger partial charge is 0.262 e. The molecule has 1 aliphatic heterocycles. The molecular formula is C15H20N4O2S. The number of rotatable bonds is 4. The second-order valence-electron chi connectivity index (χ2n) is 5.88. The van der Waals surface area contributed by atoms with Crippen LogP contribution in [0.2, 0.25) is 0 Å². The highest BCUT2D eigenvalue weighted by Crippen LogP contribution is 2.28. The highest BCUT2D eigenvalue weighted by molar-refractivity contribution is 7.20. The van der Waals surface area contributed by atoms with Gasteiger partial charge < -0.3 is 10.2 Å². The number of aryl methyl sites for hydroxylation is 2. The third kappa shape index (κ3) is 2.55. The van der Waals surface area contributed by atoms with Crippen LogP contribution < -0.4 is 10.9 Å². The fourth-order valence-electron chi connectivity index (χ4n) is 2.77. The monoisotopic (exact) mass is 320 g/mol. The number of carbonyl (C=O) groups is 1. The molecule has 0 saturated carbocycles. The van der Waals surface area contributed by atoms with Crippen LogP contribution in [-0.4, -0.2) is 47.5 Å². The van der Waals surface area contributed by atoms with E-state index in [1.165, 1.54) is 11.3 Å². The average Bonchev–Trinajstić information content (AvgIpc) is 3.04. The topological polar surface area (TPSA) is 67.2 Å². The molecule has 118 valence electrons. The number of hydrogen-bond acceptors (Lipinski definition) is 5. The Morgan fingerprint density at radius 3 is 2.95 bits per heavy atom. The summed E-state index contributed by atoms with van der Waals surface area (Å²) in [7, 11) is 3.92. The summed E-state index contributed by atoms with van der Waals surface area (Å²) in [6.07, 6.45) is 1.81. The van der Waals surface area contributed by atoms with Crippen molar-refractivity contribution in [3.8, 4) is 0 Å². The largest absolute Gasteiger partial charge is 0.350 e. The Hall–Kier alpha value is -1.73. The molecule has 1 N–H and O–H groups in total. The quantitative estimate of drug-likeness (QED) is 0.913. The molecule has 2 aromatic heterocycles. The van der Waals surface area contributed by atoms with E-state index in [1.807, 2.05) is 25.9 Å². The molecule has 0 radical (unpaired) electrons. The van der Waals surface area contributed by atoms with Gasteiger partial charge in [-0.1, -0.05) is 0 Å². The number of fused-ring (bicyclic) bond motifs is 2. The predicted octanol–water partition coefficient (Wildman–Crippen LogP) is 1.00. The Labute approximate surface area is 132 Å². The highest BCUT2D eigenvalue weighted by Gasteiger charge is 2.23. The molecule has 0 saturated heterocycles. The summed E-state index contributed by atoms with van der Waals surface area (Å²) in [6.45, 7) is 3.94. The van der Waals surface area contributed by atoms with Crippen LogP contribution in [0.4, 0.5) is 0 Å². The van der Waals surface area contributed by atoms with Gasteiger partial charge in [-0.2, -0.15) is 0 Å². The minimum Gasteiger partial charge on any atom is -0.350 e. The summed E-state index contributed by atoms with van der Waals surface area (Å²) in [4.78, 5) is 32.8. The number of nitrogens with one attached hydrogen (secondary N) is 1. The van der Waals surface area contributed by atoms with E-state index in [-0.39, 0.29) is 11.5 Å². The van der Waals surface area contributed by atoms with Crippen molar-refractivity contribution in [3.63, 3.8) is 0 Å². The van der Waals surface area contributed by atoms with Crippen LogP contribution in [0, 0.1) is 6.92 Å². The van der Waals surface area contributed by atoms with Crippen LogP contribution in [0.5, 0.6) is 0 Å². The SMILES string of the molecule is Cc1c(C(=O)NCCN(C)C)sc2nc3n(c(=O)c12)CCC3. The van der Waals surface area contributed by atoms with Gasteiger partial charge in [0.2, 0.25) is 0 Å². The first-order valence-corrected chi connectivity index (χ1v) is 8.26. The zero-order valence-electron chi connectivity index (χ0n) is 13.1. The van der Waals surface area contributed by atoms with Crippen LogP contribution in [0.1, 0.15) is 27.5 Å². The van der Waals surface area contributed by atoms with E-state index in [0.717, 1.165) is 37.3 Å². The van der Waals surface area contributed by atoms with Crippen molar-refractivity contribution >= 4 is 27.5 Å². The van der Waals surface area contributed by atoms with Crippen molar-refractivity contribution in [2.75, 3.05) is 27.2 Å². The molecule has 3 heterocycles. The maximum atomic E-state index is 12.6. The van der Waals surface area contributed by atoms with Gasteiger partial charge in [0, 0.05) is 26.1 Å². The first-order chi connectivity index (χ1) is 10.5. The van der Waals surface area contributed by atoms with E-state index in [2.05, 4.69) is 10.3 Å². The van der Waals surface area contributed by atoms with Gasteiger partial charge in [-0.25, -0.2) is 4.98 Å². The molecule has 1 amide bonds. The molecule has 0 bridgehead atoms. The fourth-order valence-corrected chi connectivity index (χ4v) is 3.87. The van der Waals surface area contributed by atoms with E-state index in [4.69, 9.17) is 0 Å². The molecule has 2 aromatic rings. The van der Waals surface area contributed by atoms with Gasteiger partial charge in [0.25, 0.3) is 11.5 Å². The molecule has 22 heavy (non-hydrogen) atoms. The number of amides is 1. The van der Waals surface area contributed by atoms with E-state index in [0.29, 0.717) is 21.6 Å². The minimum absolute atomic E-state index is 0.00130. The standard InChI is InChI=1S/C15H20N4O2S/c1-9-11-14(17-10-5-4-7-19(10)15(11)21)22-12(9)13(20)16-6-8-18(2)3/h4-8H2,1-3H3,(H,16,20). The van der Waals surface area contributed by atoms with Crippen molar-refractivity contribution < 1.29 is 4.79 Å². The van der Waals surface area contributed by atoms with E-state index in [1.54, 1.807) is 4.57 Å². The van der Waals surface area contributed by atoms with E-state index >= 15 is 0 Å². The zero-order valence-corrected chi connectivity index (χ0v) is 13.9. The molecule has 0 fully saturated rings. The van der Waals surface area contributed by atoms with Gasteiger partial charge in [-0.3, -0.25) is 14.2 Å². The molecule has 6 nitrogen and oxygen atoms in total. The Balaban J connectivity index is 1.95. The molecule has 7 heteroatoms. The van der Waals surface area contributed by atoms with Crippen molar-refractivity contribution in [3.05, 3.63) is 26.6 Å². The summed E-state index contributed by atoms with van der Waals surface area (Å²) >= 11 is 1.32. The number of carbonyl (C=O) groups excluding carboxylic acids is 1. The lowest BCUT2D eigenvalue weighted by Gasteiger charge is -2.09. The van der Waals surface area contributed by atoms with Crippen molar-refractivity contribution in [1.29, 1.82) is 0 Å². The Morgan fingerprint density at radius 2 is 2.23 bits per heavy atom. The van der Waals surface area contributed by atoms with Crippen LogP contribution in [0.3, 0.4) is 0 Å². The van der Waals surface area contributed by atoms with Gasteiger partial charge in [0.05, 0.1) is 10.3 Å². The Kier molecular flexibility index (Phi) is 4.01. The van der Waals surface area contributed by atoms with E-state index < -0.39 is 0 Å². The summed E-state index contributed by atoms with van der Waals surface area (Å²) in [6, 6.07) is 0. The Morgan fingerprint density at radius 1 is 1.45 bits per heavy atom. The average molecular weight is 320 g/mol. The summed E-state index contributed by atoms with van der Waals surface area (Å²) in [5.74, 6) is 0.727. The summed E-state index contributed by atoms with van der Waals surface area (Å²) in [5, 5.41) is 3.51. The third-order valence-corrected chi connectivity index (χ3v) is 5.15. The Bertz CT molecular complexity index is 791. The molecule has 0 aromatic carbocycles. The van der Waals surface area contributed by atoms with Crippen LogP contribution in [0.25, 0.3) is 10.2 Å². The number of hydrogen-bond donors (Lipinski definition) is 1. The molecule has 0 spiro atoms. The fraction of sp³-hybridized carbons (Fsp3) is 0.533.